The van der Waals surface area contributed by atoms with Crippen LogP contribution < -0.4 is 5.32 Å². The number of benzene rings is 1. The van der Waals surface area contributed by atoms with Crippen molar-refractivity contribution in [2.75, 3.05) is 5.32 Å². The molecular weight excluding hydrogens is 252 g/mol. The number of halogens is 2. The van der Waals surface area contributed by atoms with Crippen molar-refractivity contribution in [1.29, 1.82) is 5.26 Å². The standard InChI is InChI=1S/C13H7F2N3O/c14-9-1-2-12(11(15)5-9)18-13(19)10-7-17-4-3-8(10)6-16/h1-5,7H,(H,18,19). The van der Waals surface area contributed by atoms with E-state index in [9.17, 15) is 13.6 Å². The molecule has 1 N–H and O–H groups in total. The van der Waals surface area contributed by atoms with Crippen LogP contribution >= 0.6 is 0 Å². The fraction of sp³-hybridized carbons (Fsp3) is 0. The topological polar surface area (TPSA) is 65.8 Å². The summed E-state index contributed by atoms with van der Waals surface area (Å²) in [4.78, 5) is 15.6. The number of pyridine rings is 1. The van der Waals surface area contributed by atoms with Gasteiger partial charge in [-0.25, -0.2) is 8.78 Å². The van der Waals surface area contributed by atoms with Gasteiger partial charge < -0.3 is 5.32 Å². The van der Waals surface area contributed by atoms with Crippen LogP contribution in [0.2, 0.25) is 0 Å². The first-order chi connectivity index (χ1) is 9.11. The van der Waals surface area contributed by atoms with Gasteiger partial charge in [-0.05, 0) is 18.2 Å². The van der Waals surface area contributed by atoms with Gasteiger partial charge in [0.25, 0.3) is 5.91 Å². The van der Waals surface area contributed by atoms with Crippen LogP contribution in [0.1, 0.15) is 15.9 Å². The van der Waals surface area contributed by atoms with Crippen LogP contribution in [0, 0.1) is 23.0 Å². The van der Waals surface area contributed by atoms with Crippen molar-refractivity contribution in [1.82, 2.24) is 4.98 Å². The summed E-state index contributed by atoms with van der Waals surface area (Å²) in [5.74, 6) is -2.32. The fourth-order valence-electron chi connectivity index (χ4n) is 1.45. The van der Waals surface area contributed by atoms with Gasteiger partial charge in [-0.1, -0.05) is 0 Å². The molecule has 0 aliphatic heterocycles. The van der Waals surface area contributed by atoms with E-state index < -0.39 is 17.5 Å². The number of rotatable bonds is 2. The first-order valence-electron chi connectivity index (χ1n) is 5.22. The van der Waals surface area contributed by atoms with Crippen LogP contribution in [0.5, 0.6) is 0 Å². The average molecular weight is 259 g/mol. The number of nitrogens with one attached hydrogen (secondary N) is 1. The van der Waals surface area contributed by atoms with E-state index in [0.29, 0.717) is 6.07 Å². The summed E-state index contributed by atoms with van der Waals surface area (Å²) in [6, 6.07) is 5.98. The van der Waals surface area contributed by atoms with Crippen molar-refractivity contribution in [2.24, 2.45) is 0 Å². The summed E-state index contributed by atoms with van der Waals surface area (Å²) in [6.45, 7) is 0. The Balaban J connectivity index is 2.29. The van der Waals surface area contributed by atoms with E-state index in [2.05, 4.69) is 10.3 Å². The molecule has 0 spiro atoms. The number of nitrogens with zero attached hydrogens (tertiary/aromatic N) is 2. The Bertz CT molecular complexity index is 680. The number of hydrogen-bond acceptors (Lipinski definition) is 3. The van der Waals surface area contributed by atoms with Crippen LogP contribution in [-0.2, 0) is 0 Å². The molecule has 1 amide bonds. The molecule has 0 radical (unpaired) electrons. The van der Waals surface area contributed by atoms with Gasteiger partial charge >= 0.3 is 0 Å². The Kier molecular flexibility index (Phi) is 3.48. The third-order valence-corrected chi connectivity index (χ3v) is 2.37. The van der Waals surface area contributed by atoms with E-state index in [0.717, 1.165) is 12.1 Å². The molecule has 94 valence electrons. The van der Waals surface area contributed by atoms with Gasteiger partial charge in [0.2, 0.25) is 0 Å². The highest BCUT2D eigenvalue weighted by molar-refractivity contribution is 6.05. The molecule has 2 aromatic rings. The predicted octanol–water partition coefficient (Wildman–Crippen LogP) is 2.48. The lowest BCUT2D eigenvalue weighted by molar-refractivity contribution is 0.102. The van der Waals surface area contributed by atoms with Gasteiger partial charge in [-0.2, -0.15) is 5.26 Å². The normalized spacial score (nSPS) is 9.74. The SMILES string of the molecule is N#Cc1ccncc1C(=O)Nc1ccc(F)cc1F. The highest BCUT2D eigenvalue weighted by atomic mass is 19.1. The quantitative estimate of drug-likeness (QED) is 0.901. The molecule has 0 aliphatic rings. The van der Waals surface area contributed by atoms with E-state index in [1.54, 1.807) is 0 Å². The Morgan fingerprint density at radius 1 is 1.32 bits per heavy atom. The van der Waals surface area contributed by atoms with Crippen LogP contribution in [-0.4, -0.2) is 10.9 Å². The number of carbonyl (C=O) groups is 1. The number of anilines is 1. The van der Waals surface area contributed by atoms with Crippen molar-refractivity contribution >= 4 is 11.6 Å². The molecular formula is C13H7F2N3O. The zero-order chi connectivity index (χ0) is 13.8. The molecule has 0 bridgehead atoms. The molecule has 1 aromatic carbocycles. The average Bonchev–Trinajstić information content (AvgIpc) is 2.41. The highest BCUT2D eigenvalue weighted by Crippen LogP contribution is 2.16. The van der Waals surface area contributed by atoms with Gasteiger partial charge in [0.05, 0.1) is 16.8 Å². The van der Waals surface area contributed by atoms with Gasteiger partial charge in [0.15, 0.2) is 0 Å². The minimum atomic E-state index is -0.893. The summed E-state index contributed by atoms with van der Waals surface area (Å²) < 4.78 is 26.1. The minimum absolute atomic E-state index is 0.0220. The van der Waals surface area contributed by atoms with Crippen LogP contribution in [0.3, 0.4) is 0 Å². The predicted molar refractivity (Wildman–Crippen MR) is 63.3 cm³/mol. The lowest BCUT2D eigenvalue weighted by atomic mass is 10.1. The summed E-state index contributed by atoms with van der Waals surface area (Å²) >= 11 is 0. The van der Waals surface area contributed by atoms with Gasteiger partial charge in [-0.3, -0.25) is 9.78 Å². The van der Waals surface area contributed by atoms with Crippen LogP contribution in [0.4, 0.5) is 14.5 Å². The second-order valence-electron chi connectivity index (χ2n) is 3.61. The third kappa shape index (κ3) is 2.72. The third-order valence-electron chi connectivity index (χ3n) is 2.37. The molecule has 6 heteroatoms. The van der Waals surface area contributed by atoms with Crippen molar-refractivity contribution in [3.05, 3.63) is 59.4 Å². The lowest BCUT2D eigenvalue weighted by Crippen LogP contribution is -2.15. The molecule has 0 saturated carbocycles. The van der Waals surface area contributed by atoms with Crippen LogP contribution in [0.25, 0.3) is 0 Å². The maximum Gasteiger partial charge on any atom is 0.258 e. The number of carbonyl (C=O) groups excluding carboxylic acids is 1. The van der Waals surface area contributed by atoms with Crippen molar-refractivity contribution in [3.8, 4) is 6.07 Å². The molecule has 0 saturated heterocycles. The largest absolute Gasteiger partial charge is 0.319 e. The molecule has 0 unspecified atom stereocenters. The first kappa shape index (κ1) is 12.6. The summed E-state index contributed by atoms with van der Waals surface area (Å²) in [6.07, 6.45) is 2.57. The highest BCUT2D eigenvalue weighted by Gasteiger charge is 2.13. The Morgan fingerprint density at radius 3 is 2.79 bits per heavy atom. The minimum Gasteiger partial charge on any atom is -0.319 e. The van der Waals surface area contributed by atoms with Gasteiger partial charge in [0.1, 0.15) is 17.7 Å². The molecule has 1 heterocycles. The lowest BCUT2D eigenvalue weighted by Gasteiger charge is -2.07. The summed E-state index contributed by atoms with van der Waals surface area (Å²) in [7, 11) is 0. The van der Waals surface area contributed by atoms with Crippen molar-refractivity contribution in [3.63, 3.8) is 0 Å². The number of nitriles is 1. The maximum atomic E-state index is 13.4. The second kappa shape index (κ2) is 5.23. The van der Waals surface area contributed by atoms with Crippen molar-refractivity contribution < 1.29 is 13.6 Å². The monoisotopic (exact) mass is 259 g/mol. The van der Waals surface area contributed by atoms with Crippen molar-refractivity contribution in [2.45, 2.75) is 0 Å². The fourth-order valence-corrected chi connectivity index (χ4v) is 1.45. The molecule has 2 rings (SSSR count). The summed E-state index contributed by atoms with van der Waals surface area (Å²) in [5.41, 5.74) is -0.0251. The number of aromatic nitrogens is 1. The Hall–Kier alpha value is -2.81. The molecule has 19 heavy (non-hydrogen) atoms. The molecule has 0 atom stereocenters. The smallest absolute Gasteiger partial charge is 0.258 e. The molecule has 4 nitrogen and oxygen atoms in total. The van der Waals surface area contributed by atoms with E-state index >= 15 is 0 Å². The second-order valence-corrected chi connectivity index (χ2v) is 3.61. The summed E-state index contributed by atoms with van der Waals surface area (Å²) in [5, 5.41) is 11.1. The number of amides is 1. The van der Waals surface area contributed by atoms with E-state index in [-0.39, 0.29) is 16.8 Å². The molecule has 0 aliphatic carbocycles. The first-order valence-corrected chi connectivity index (χ1v) is 5.22. The maximum absolute atomic E-state index is 13.4. The molecule has 1 aromatic heterocycles. The van der Waals surface area contributed by atoms with Crippen LogP contribution in [0.15, 0.2) is 36.7 Å². The zero-order valence-corrected chi connectivity index (χ0v) is 9.52. The number of hydrogen-bond donors (Lipinski definition) is 1. The van der Waals surface area contributed by atoms with E-state index in [1.807, 2.05) is 6.07 Å². The Labute approximate surface area is 107 Å². The van der Waals surface area contributed by atoms with E-state index in [1.165, 1.54) is 18.5 Å². The zero-order valence-electron chi connectivity index (χ0n) is 9.52. The van der Waals surface area contributed by atoms with E-state index in [4.69, 9.17) is 5.26 Å². The van der Waals surface area contributed by atoms with Gasteiger partial charge in [0, 0.05) is 18.5 Å². The van der Waals surface area contributed by atoms with Gasteiger partial charge in [-0.15, -0.1) is 0 Å². The molecule has 0 fully saturated rings. The Morgan fingerprint density at radius 2 is 2.11 bits per heavy atom.